The number of para-hydroxylation sites is 1. The van der Waals surface area contributed by atoms with Gasteiger partial charge < -0.3 is 0 Å². The molecule has 0 aliphatic carbocycles. The number of benzene rings is 1. The molecule has 15 heavy (non-hydrogen) atoms. The molecule has 2 aromatic rings. The zero-order chi connectivity index (χ0) is 11.4. The molecule has 0 aliphatic heterocycles. The SMILES string of the molecule is CC.Cc1c(Cl)nc2ccccc2c1C. The number of fused-ring (bicyclic) bond motifs is 1. The Morgan fingerprint density at radius 3 is 2.27 bits per heavy atom. The first-order chi connectivity index (χ1) is 7.20. The van der Waals surface area contributed by atoms with Gasteiger partial charge in [0.2, 0.25) is 0 Å². The van der Waals surface area contributed by atoms with Crippen LogP contribution in [0.4, 0.5) is 0 Å². The molecule has 0 atom stereocenters. The van der Waals surface area contributed by atoms with Crippen LogP contribution in [0.2, 0.25) is 5.15 Å². The number of aryl methyl sites for hydroxylation is 1. The van der Waals surface area contributed by atoms with Gasteiger partial charge in [0.15, 0.2) is 0 Å². The van der Waals surface area contributed by atoms with E-state index in [2.05, 4.69) is 18.0 Å². The number of aromatic nitrogens is 1. The van der Waals surface area contributed by atoms with Crippen LogP contribution in [0.15, 0.2) is 24.3 Å². The zero-order valence-electron chi connectivity index (χ0n) is 9.63. The van der Waals surface area contributed by atoms with E-state index in [1.165, 1.54) is 10.9 Å². The van der Waals surface area contributed by atoms with E-state index in [9.17, 15) is 0 Å². The second kappa shape index (κ2) is 5.13. The highest BCUT2D eigenvalue weighted by Gasteiger charge is 2.04. The molecule has 1 nitrogen and oxygen atoms in total. The highest BCUT2D eigenvalue weighted by Crippen LogP contribution is 2.24. The summed E-state index contributed by atoms with van der Waals surface area (Å²) in [5.74, 6) is 0. The number of halogens is 1. The first-order valence-corrected chi connectivity index (χ1v) is 5.59. The van der Waals surface area contributed by atoms with Crippen LogP contribution in [0, 0.1) is 13.8 Å². The topological polar surface area (TPSA) is 12.9 Å². The first kappa shape index (κ1) is 12.0. The molecule has 0 N–H and O–H groups in total. The molecule has 1 aromatic heterocycles. The van der Waals surface area contributed by atoms with Crippen molar-refractivity contribution in [3.63, 3.8) is 0 Å². The molecule has 0 fully saturated rings. The van der Waals surface area contributed by atoms with Gasteiger partial charge in [0.05, 0.1) is 5.52 Å². The van der Waals surface area contributed by atoms with Crippen LogP contribution in [-0.2, 0) is 0 Å². The van der Waals surface area contributed by atoms with Crippen molar-refractivity contribution in [2.45, 2.75) is 27.7 Å². The summed E-state index contributed by atoms with van der Waals surface area (Å²) in [6.07, 6.45) is 0. The fourth-order valence-electron chi connectivity index (χ4n) is 1.43. The number of rotatable bonds is 0. The summed E-state index contributed by atoms with van der Waals surface area (Å²) in [6.45, 7) is 8.07. The number of hydrogen-bond acceptors (Lipinski definition) is 1. The molecule has 0 saturated carbocycles. The van der Waals surface area contributed by atoms with Gasteiger partial charge in [-0.15, -0.1) is 0 Å². The third-order valence-electron chi connectivity index (χ3n) is 2.40. The second-order valence-electron chi connectivity index (χ2n) is 3.17. The lowest BCUT2D eigenvalue weighted by molar-refractivity contribution is 1.28. The van der Waals surface area contributed by atoms with Gasteiger partial charge in [0, 0.05) is 5.39 Å². The Kier molecular flexibility index (Phi) is 4.10. The third kappa shape index (κ3) is 2.29. The van der Waals surface area contributed by atoms with E-state index in [1.807, 2.05) is 39.0 Å². The van der Waals surface area contributed by atoms with Gasteiger partial charge in [-0.2, -0.15) is 0 Å². The van der Waals surface area contributed by atoms with E-state index in [1.54, 1.807) is 0 Å². The third-order valence-corrected chi connectivity index (χ3v) is 2.77. The molecule has 2 heteroatoms. The average Bonchev–Trinajstić information content (AvgIpc) is 2.29. The maximum Gasteiger partial charge on any atom is 0.132 e. The highest BCUT2D eigenvalue weighted by atomic mass is 35.5. The Morgan fingerprint density at radius 1 is 1.00 bits per heavy atom. The minimum Gasteiger partial charge on any atom is -0.236 e. The number of hydrogen-bond donors (Lipinski definition) is 0. The van der Waals surface area contributed by atoms with Crippen molar-refractivity contribution in [1.82, 2.24) is 4.98 Å². The molecular weight excluding hydrogens is 206 g/mol. The molecule has 0 amide bonds. The molecule has 0 aliphatic rings. The standard InChI is InChI=1S/C11H10ClN.C2H6/c1-7-8(2)11(12)13-10-6-4-3-5-9(7)10;1-2/h3-6H,1-2H3;1-2H3. The maximum absolute atomic E-state index is 5.98. The molecule has 0 bridgehead atoms. The Balaban J connectivity index is 0.000000531. The molecular formula is C13H16ClN. The van der Waals surface area contributed by atoms with Gasteiger partial charge in [-0.05, 0) is 31.0 Å². The lowest BCUT2D eigenvalue weighted by Gasteiger charge is -2.06. The molecule has 80 valence electrons. The van der Waals surface area contributed by atoms with Gasteiger partial charge in [-0.1, -0.05) is 43.6 Å². The first-order valence-electron chi connectivity index (χ1n) is 5.21. The van der Waals surface area contributed by atoms with Crippen LogP contribution < -0.4 is 0 Å². The summed E-state index contributed by atoms with van der Waals surface area (Å²) in [5.41, 5.74) is 3.26. The van der Waals surface area contributed by atoms with Gasteiger partial charge in [0.1, 0.15) is 5.15 Å². The monoisotopic (exact) mass is 221 g/mol. The van der Waals surface area contributed by atoms with Crippen molar-refractivity contribution >= 4 is 22.5 Å². The van der Waals surface area contributed by atoms with Crippen molar-refractivity contribution in [3.8, 4) is 0 Å². The van der Waals surface area contributed by atoms with Crippen molar-refractivity contribution in [3.05, 3.63) is 40.5 Å². The van der Waals surface area contributed by atoms with E-state index in [4.69, 9.17) is 11.6 Å². The average molecular weight is 222 g/mol. The van der Waals surface area contributed by atoms with Crippen LogP contribution in [0.3, 0.4) is 0 Å². The fourth-order valence-corrected chi connectivity index (χ4v) is 1.67. The Labute approximate surface area is 96.1 Å². The lowest BCUT2D eigenvalue weighted by Crippen LogP contribution is -1.89. The van der Waals surface area contributed by atoms with E-state index >= 15 is 0 Å². The molecule has 1 aromatic carbocycles. The summed E-state index contributed by atoms with van der Waals surface area (Å²) in [6, 6.07) is 8.04. The van der Waals surface area contributed by atoms with Crippen LogP contribution in [0.5, 0.6) is 0 Å². The van der Waals surface area contributed by atoms with E-state index in [0.29, 0.717) is 5.15 Å². The minimum absolute atomic E-state index is 0.608. The quantitative estimate of drug-likeness (QED) is 0.596. The summed E-state index contributed by atoms with van der Waals surface area (Å²) in [4.78, 5) is 4.30. The molecule has 2 rings (SSSR count). The molecule has 0 saturated heterocycles. The predicted molar refractivity (Wildman–Crippen MR) is 67.6 cm³/mol. The summed E-state index contributed by atoms with van der Waals surface area (Å²) in [5, 5.41) is 1.79. The van der Waals surface area contributed by atoms with E-state index < -0.39 is 0 Å². The van der Waals surface area contributed by atoms with Crippen molar-refractivity contribution < 1.29 is 0 Å². The summed E-state index contributed by atoms with van der Waals surface area (Å²) < 4.78 is 0. The Morgan fingerprint density at radius 2 is 1.60 bits per heavy atom. The predicted octanol–water partition coefficient (Wildman–Crippen LogP) is 4.53. The van der Waals surface area contributed by atoms with Crippen LogP contribution in [-0.4, -0.2) is 4.98 Å². The summed E-state index contributed by atoms with van der Waals surface area (Å²) in [7, 11) is 0. The fraction of sp³-hybridized carbons (Fsp3) is 0.308. The summed E-state index contributed by atoms with van der Waals surface area (Å²) >= 11 is 5.98. The smallest absolute Gasteiger partial charge is 0.132 e. The van der Waals surface area contributed by atoms with E-state index in [-0.39, 0.29) is 0 Å². The van der Waals surface area contributed by atoms with Crippen molar-refractivity contribution in [1.29, 1.82) is 0 Å². The minimum atomic E-state index is 0.608. The van der Waals surface area contributed by atoms with Gasteiger partial charge in [0.25, 0.3) is 0 Å². The molecule has 1 heterocycles. The highest BCUT2D eigenvalue weighted by molar-refractivity contribution is 6.30. The van der Waals surface area contributed by atoms with Gasteiger partial charge >= 0.3 is 0 Å². The second-order valence-corrected chi connectivity index (χ2v) is 3.53. The van der Waals surface area contributed by atoms with Crippen LogP contribution in [0.25, 0.3) is 10.9 Å². The van der Waals surface area contributed by atoms with E-state index in [0.717, 1.165) is 11.1 Å². The lowest BCUT2D eigenvalue weighted by atomic mass is 10.1. The van der Waals surface area contributed by atoms with Crippen LogP contribution >= 0.6 is 11.6 Å². The normalized spacial score (nSPS) is 9.67. The number of nitrogens with zero attached hydrogens (tertiary/aromatic N) is 1. The number of pyridine rings is 1. The van der Waals surface area contributed by atoms with Gasteiger partial charge in [-0.3, -0.25) is 0 Å². The zero-order valence-corrected chi connectivity index (χ0v) is 10.4. The Hall–Kier alpha value is -1.08. The van der Waals surface area contributed by atoms with Crippen molar-refractivity contribution in [2.75, 3.05) is 0 Å². The maximum atomic E-state index is 5.98. The molecule has 0 radical (unpaired) electrons. The molecule has 0 spiro atoms. The van der Waals surface area contributed by atoms with Crippen LogP contribution in [0.1, 0.15) is 25.0 Å². The largest absolute Gasteiger partial charge is 0.236 e. The van der Waals surface area contributed by atoms with Gasteiger partial charge in [-0.25, -0.2) is 4.98 Å². The van der Waals surface area contributed by atoms with Crippen molar-refractivity contribution in [2.24, 2.45) is 0 Å². The Bertz CT molecular complexity index is 463. The molecule has 0 unspecified atom stereocenters.